The molecule has 1 amide bonds. The number of thioether (sulfide) groups is 1. The minimum atomic E-state index is -0.391. The molecule has 5 nitrogen and oxygen atoms in total. The predicted octanol–water partition coefficient (Wildman–Crippen LogP) is 3.41. The molecule has 2 heterocycles. The molecule has 0 fully saturated rings. The van der Waals surface area contributed by atoms with Crippen LogP contribution in [0.25, 0.3) is 11.3 Å². The molecule has 120 valence electrons. The Morgan fingerprint density at radius 3 is 2.62 bits per heavy atom. The summed E-state index contributed by atoms with van der Waals surface area (Å²) in [6, 6.07) is 13.1. The number of rotatable bonds is 5. The number of carbonyl (C=O) groups excluding carboxylic acids is 1. The van der Waals surface area contributed by atoms with E-state index >= 15 is 0 Å². The summed E-state index contributed by atoms with van der Waals surface area (Å²) in [4.78, 5) is 15.8. The summed E-state index contributed by atoms with van der Waals surface area (Å²) >= 11 is 1.26. The smallest absolute Gasteiger partial charge is 0.234 e. The van der Waals surface area contributed by atoms with Gasteiger partial charge in [0.15, 0.2) is 0 Å². The van der Waals surface area contributed by atoms with Crippen LogP contribution in [0.5, 0.6) is 0 Å². The lowest BCUT2D eigenvalue weighted by Gasteiger charge is -2.05. The fourth-order valence-corrected chi connectivity index (χ4v) is 2.59. The van der Waals surface area contributed by atoms with E-state index < -0.39 is 5.82 Å². The maximum absolute atomic E-state index is 13.1. The molecule has 0 aliphatic carbocycles. The number of pyridine rings is 1. The van der Waals surface area contributed by atoms with Gasteiger partial charge in [-0.2, -0.15) is 0 Å². The Kier molecular flexibility index (Phi) is 5.12. The van der Waals surface area contributed by atoms with Gasteiger partial charge in [-0.25, -0.2) is 4.39 Å². The molecule has 0 saturated carbocycles. The lowest BCUT2D eigenvalue weighted by molar-refractivity contribution is -0.113. The van der Waals surface area contributed by atoms with E-state index in [9.17, 15) is 9.18 Å². The molecule has 0 aliphatic heterocycles. The summed E-state index contributed by atoms with van der Waals surface area (Å²) in [6.45, 7) is 0. The van der Waals surface area contributed by atoms with E-state index in [1.54, 1.807) is 24.5 Å². The standard InChI is InChI=1S/C17H13FN4OS/c18-13-2-1-3-14(10-13)20-16(23)11-24-17-5-4-15(21-22-17)12-6-8-19-9-7-12/h1-10H,11H2,(H,20,23). The zero-order chi connectivity index (χ0) is 16.8. The van der Waals surface area contributed by atoms with E-state index in [1.165, 1.54) is 23.9 Å². The van der Waals surface area contributed by atoms with E-state index in [0.717, 1.165) is 11.3 Å². The van der Waals surface area contributed by atoms with Crippen molar-refractivity contribution in [3.05, 3.63) is 66.7 Å². The molecule has 2 aromatic heterocycles. The second kappa shape index (κ2) is 7.65. The third kappa shape index (κ3) is 4.36. The number of halogens is 1. The largest absolute Gasteiger partial charge is 0.325 e. The lowest BCUT2D eigenvalue weighted by Crippen LogP contribution is -2.14. The second-order valence-corrected chi connectivity index (χ2v) is 5.84. The van der Waals surface area contributed by atoms with Crippen LogP contribution in [0.1, 0.15) is 0 Å². The van der Waals surface area contributed by atoms with Crippen molar-refractivity contribution >= 4 is 23.4 Å². The monoisotopic (exact) mass is 340 g/mol. The van der Waals surface area contributed by atoms with Crippen molar-refractivity contribution < 1.29 is 9.18 Å². The molecule has 7 heteroatoms. The average molecular weight is 340 g/mol. The number of benzene rings is 1. The van der Waals surface area contributed by atoms with E-state index in [2.05, 4.69) is 20.5 Å². The highest BCUT2D eigenvalue weighted by Gasteiger charge is 2.06. The summed E-state index contributed by atoms with van der Waals surface area (Å²) in [7, 11) is 0. The van der Waals surface area contributed by atoms with Crippen molar-refractivity contribution in [2.45, 2.75) is 5.03 Å². The molecule has 0 saturated heterocycles. The number of nitrogens with one attached hydrogen (secondary N) is 1. The number of carbonyl (C=O) groups is 1. The zero-order valence-corrected chi connectivity index (χ0v) is 13.3. The lowest BCUT2D eigenvalue weighted by atomic mass is 10.2. The van der Waals surface area contributed by atoms with Crippen LogP contribution in [0.2, 0.25) is 0 Å². The quantitative estimate of drug-likeness (QED) is 0.721. The van der Waals surface area contributed by atoms with Crippen LogP contribution in [0.3, 0.4) is 0 Å². The topological polar surface area (TPSA) is 67.8 Å². The first-order chi connectivity index (χ1) is 11.7. The molecule has 24 heavy (non-hydrogen) atoms. The maximum Gasteiger partial charge on any atom is 0.234 e. The SMILES string of the molecule is O=C(CSc1ccc(-c2ccncc2)nn1)Nc1cccc(F)c1. The van der Waals surface area contributed by atoms with Gasteiger partial charge < -0.3 is 5.32 Å². The summed E-state index contributed by atoms with van der Waals surface area (Å²) < 4.78 is 13.1. The molecule has 0 radical (unpaired) electrons. The van der Waals surface area contributed by atoms with Crippen LogP contribution < -0.4 is 5.32 Å². The number of anilines is 1. The van der Waals surface area contributed by atoms with Crippen molar-refractivity contribution in [3.8, 4) is 11.3 Å². The molecular weight excluding hydrogens is 327 g/mol. The highest BCUT2D eigenvalue weighted by Crippen LogP contribution is 2.19. The second-order valence-electron chi connectivity index (χ2n) is 4.84. The van der Waals surface area contributed by atoms with E-state index in [-0.39, 0.29) is 11.7 Å². The third-order valence-electron chi connectivity index (χ3n) is 3.08. The summed E-state index contributed by atoms with van der Waals surface area (Å²) in [5.74, 6) is -0.455. The van der Waals surface area contributed by atoms with Crippen LogP contribution >= 0.6 is 11.8 Å². The first kappa shape index (κ1) is 16.1. The summed E-state index contributed by atoms with van der Waals surface area (Å²) in [6.07, 6.45) is 3.38. The van der Waals surface area contributed by atoms with Gasteiger partial charge in [-0.05, 0) is 42.5 Å². The van der Waals surface area contributed by atoms with Crippen LogP contribution in [0.4, 0.5) is 10.1 Å². The predicted molar refractivity (Wildman–Crippen MR) is 91.0 cm³/mol. The number of nitrogens with zero attached hydrogens (tertiary/aromatic N) is 3. The summed E-state index contributed by atoms with van der Waals surface area (Å²) in [5, 5.41) is 11.5. The Labute approximate surface area is 142 Å². The van der Waals surface area contributed by atoms with Gasteiger partial charge in [-0.15, -0.1) is 10.2 Å². The Hall–Kier alpha value is -2.80. The van der Waals surface area contributed by atoms with Crippen molar-refractivity contribution in [2.24, 2.45) is 0 Å². The molecule has 0 bridgehead atoms. The van der Waals surface area contributed by atoms with Crippen molar-refractivity contribution in [3.63, 3.8) is 0 Å². The zero-order valence-electron chi connectivity index (χ0n) is 12.5. The highest BCUT2D eigenvalue weighted by molar-refractivity contribution is 7.99. The van der Waals surface area contributed by atoms with E-state index in [4.69, 9.17) is 0 Å². The Balaban J connectivity index is 1.56. The van der Waals surface area contributed by atoms with Gasteiger partial charge >= 0.3 is 0 Å². The molecule has 0 aliphatic rings. The molecule has 0 atom stereocenters. The molecule has 1 N–H and O–H groups in total. The van der Waals surface area contributed by atoms with Gasteiger partial charge in [-0.1, -0.05) is 17.8 Å². The first-order valence-electron chi connectivity index (χ1n) is 7.13. The number of amides is 1. The molecule has 3 rings (SSSR count). The number of hydrogen-bond donors (Lipinski definition) is 1. The highest BCUT2D eigenvalue weighted by atomic mass is 32.2. The minimum absolute atomic E-state index is 0.166. The van der Waals surface area contributed by atoms with E-state index in [1.807, 2.05) is 24.3 Å². The first-order valence-corrected chi connectivity index (χ1v) is 8.11. The third-order valence-corrected chi connectivity index (χ3v) is 4.00. The number of aromatic nitrogens is 3. The molecule has 1 aromatic carbocycles. The molecular formula is C17H13FN4OS. The van der Waals surface area contributed by atoms with Crippen molar-refractivity contribution in [1.82, 2.24) is 15.2 Å². The Bertz CT molecular complexity index is 828. The minimum Gasteiger partial charge on any atom is -0.325 e. The van der Waals surface area contributed by atoms with Crippen LogP contribution in [-0.2, 0) is 4.79 Å². The van der Waals surface area contributed by atoms with Crippen LogP contribution in [-0.4, -0.2) is 26.8 Å². The fraction of sp³-hybridized carbons (Fsp3) is 0.0588. The maximum atomic E-state index is 13.1. The van der Waals surface area contributed by atoms with Crippen molar-refractivity contribution in [2.75, 3.05) is 11.1 Å². The van der Waals surface area contributed by atoms with Gasteiger partial charge in [0.2, 0.25) is 5.91 Å². The Morgan fingerprint density at radius 2 is 1.92 bits per heavy atom. The van der Waals surface area contributed by atoms with Gasteiger partial charge in [0.25, 0.3) is 0 Å². The van der Waals surface area contributed by atoms with Crippen LogP contribution in [0.15, 0.2) is 66.0 Å². The van der Waals surface area contributed by atoms with Gasteiger partial charge in [-0.3, -0.25) is 9.78 Å². The normalized spacial score (nSPS) is 10.4. The molecule has 0 spiro atoms. The van der Waals surface area contributed by atoms with Gasteiger partial charge in [0, 0.05) is 23.6 Å². The van der Waals surface area contributed by atoms with E-state index in [0.29, 0.717) is 10.7 Å². The molecule has 0 unspecified atom stereocenters. The molecule has 3 aromatic rings. The average Bonchev–Trinajstić information content (AvgIpc) is 2.61. The Morgan fingerprint density at radius 1 is 1.08 bits per heavy atom. The van der Waals surface area contributed by atoms with Crippen LogP contribution in [0, 0.1) is 5.82 Å². The summed E-state index contributed by atoms with van der Waals surface area (Å²) in [5.41, 5.74) is 2.10. The van der Waals surface area contributed by atoms with Gasteiger partial charge in [0.05, 0.1) is 11.4 Å². The van der Waals surface area contributed by atoms with Crippen molar-refractivity contribution in [1.29, 1.82) is 0 Å². The van der Waals surface area contributed by atoms with Gasteiger partial charge in [0.1, 0.15) is 10.8 Å². The fourth-order valence-electron chi connectivity index (χ4n) is 1.98. The number of hydrogen-bond acceptors (Lipinski definition) is 5.